The number of hydrogen-bond donors (Lipinski definition) is 4. The van der Waals surface area contributed by atoms with Gasteiger partial charge in [-0.2, -0.15) is 0 Å². The lowest BCUT2D eigenvalue weighted by molar-refractivity contribution is -0.383. The molecule has 0 fully saturated rings. The normalized spacial score (nSPS) is 10.0. The predicted octanol–water partition coefficient (Wildman–Crippen LogP) is 0.403. The monoisotopic (exact) mass is 241 g/mol. The third kappa shape index (κ3) is 3.58. The molecule has 0 saturated heterocycles. The van der Waals surface area contributed by atoms with Gasteiger partial charge in [0.05, 0.1) is 23.8 Å². The number of hydrogen-bond acceptors (Lipinski definition) is 6. The van der Waals surface area contributed by atoms with E-state index in [0.29, 0.717) is 17.9 Å². The van der Waals surface area contributed by atoms with Crippen LogP contribution in [0.15, 0.2) is 18.2 Å². The van der Waals surface area contributed by atoms with Crippen LogP contribution < -0.4 is 10.6 Å². The Kier molecular flexibility index (Phi) is 5.18. The zero-order valence-electron chi connectivity index (χ0n) is 9.22. The van der Waals surface area contributed by atoms with Gasteiger partial charge in [0.15, 0.2) is 0 Å². The Balaban J connectivity index is 3.00. The lowest BCUT2D eigenvalue weighted by Crippen LogP contribution is -2.12. The van der Waals surface area contributed by atoms with E-state index in [9.17, 15) is 10.1 Å². The number of para-hydroxylation sites is 1. The number of benzene rings is 1. The van der Waals surface area contributed by atoms with Gasteiger partial charge in [0, 0.05) is 19.2 Å². The molecule has 17 heavy (non-hydrogen) atoms. The fourth-order valence-electron chi connectivity index (χ4n) is 1.40. The highest BCUT2D eigenvalue weighted by Crippen LogP contribution is 2.31. The van der Waals surface area contributed by atoms with Gasteiger partial charge in [-0.15, -0.1) is 0 Å². The van der Waals surface area contributed by atoms with Gasteiger partial charge < -0.3 is 20.8 Å². The fraction of sp³-hybridized carbons (Fsp3) is 0.400. The van der Waals surface area contributed by atoms with Gasteiger partial charge in [-0.3, -0.25) is 10.1 Å². The van der Waals surface area contributed by atoms with Gasteiger partial charge in [-0.05, 0) is 6.07 Å². The first kappa shape index (κ1) is 13.2. The molecule has 0 aliphatic rings. The number of aliphatic hydroxyl groups excluding tert-OH is 2. The van der Waals surface area contributed by atoms with E-state index < -0.39 is 4.92 Å². The summed E-state index contributed by atoms with van der Waals surface area (Å²) in [4.78, 5) is 10.3. The van der Waals surface area contributed by atoms with Crippen LogP contribution in [0.4, 0.5) is 17.1 Å². The SMILES string of the molecule is O=[N+]([O-])c1cccc(NCCO)c1NCCO. The molecule has 0 amide bonds. The summed E-state index contributed by atoms with van der Waals surface area (Å²) in [6.07, 6.45) is 0. The quantitative estimate of drug-likeness (QED) is 0.406. The Morgan fingerprint density at radius 1 is 1.18 bits per heavy atom. The second-order valence-electron chi connectivity index (χ2n) is 3.26. The highest BCUT2D eigenvalue weighted by atomic mass is 16.6. The average Bonchev–Trinajstić information content (AvgIpc) is 2.33. The van der Waals surface area contributed by atoms with Crippen LogP contribution in [0.1, 0.15) is 0 Å². The van der Waals surface area contributed by atoms with E-state index in [2.05, 4.69) is 10.6 Å². The summed E-state index contributed by atoms with van der Waals surface area (Å²) in [5, 5.41) is 33.9. The number of aliphatic hydroxyl groups is 2. The van der Waals surface area contributed by atoms with Crippen molar-refractivity contribution in [3.8, 4) is 0 Å². The summed E-state index contributed by atoms with van der Waals surface area (Å²) in [5.41, 5.74) is 0.781. The van der Waals surface area contributed by atoms with Crippen LogP contribution in [0.2, 0.25) is 0 Å². The molecule has 7 nitrogen and oxygen atoms in total. The first-order valence-electron chi connectivity index (χ1n) is 5.17. The molecule has 0 aliphatic carbocycles. The predicted molar refractivity (Wildman–Crippen MR) is 64.2 cm³/mol. The molecule has 0 heterocycles. The summed E-state index contributed by atoms with van der Waals surface area (Å²) in [5.74, 6) is 0. The van der Waals surface area contributed by atoms with Gasteiger partial charge in [-0.25, -0.2) is 0 Å². The minimum Gasteiger partial charge on any atom is -0.395 e. The number of nitrogens with zero attached hydrogens (tertiary/aromatic N) is 1. The highest BCUT2D eigenvalue weighted by Gasteiger charge is 2.16. The molecule has 0 atom stereocenters. The third-order valence-corrected chi connectivity index (χ3v) is 2.08. The second kappa shape index (κ2) is 6.66. The van der Waals surface area contributed by atoms with Crippen LogP contribution in [-0.4, -0.2) is 41.4 Å². The Morgan fingerprint density at radius 2 is 1.82 bits per heavy atom. The number of nitrogens with one attached hydrogen (secondary N) is 2. The first-order valence-corrected chi connectivity index (χ1v) is 5.17. The van der Waals surface area contributed by atoms with Crippen molar-refractivity contribution in [3.05, 3.63) is 28.3 Å². The lowest BCUT2D eigenvalue weighted by atomic mass is 10.2. The Bertz CT molecular complexity index is 384. The smallest absolute Gasteiger partial charge is 0.294 e. The summed E-state index contributed by atoms with van der Waals surface area (Å²) in [6.45, 7) is 0.335. The van der Waals surface area contributed by atoms with Crippen molar-refractivity contribution in [3.63, 3.8) is 0 Å². The standard InChI is InChI=1S/C10H15N3O4/c14-6-4-11-8-2-1-3-9(13(16)17)10(8)12-5-7-15/h1-3,11-12,14-15H,4-7H2. The minimum atomic E-state index is -0.496. The summed E-state index contributed by atoms with van der Waals surface area (Å²) in [6, 6.07) is 4.61. The highest BCUT2D eigenvalue weighted by molar-refractivity contribution is 5.78. The molecule has 4 N–H and O–H groups in total. The molecule has 0 spiro atoms. The minimum absolute atomic E-state index is 0.0673. The van der Waals surface area contributed by atoms with E-state index in [4.69, 9.17) is 10.2 Å². The van der Waals surface area contributed by atoms with Gasteiger partial charge >= 0.3 is 0 Å². The topological polar surface area (TPSA) is 108 Å². The number of nitro benzene ring substituents is 1. The zero-order valence-corrected chi connectivity index (χ0v) is 9.22. The van der Waals surface area contributed by atoms with Crippen LogP contribution >= 0.6 is 0 Å². The summed E-state index contributed by atoms with van der Waals surface area (Å²) < 4.78 is 0. The molecule has 0 radical (unpaired) electrons. The number of rotatable bonds is 7. The van der Waals surface area contributed by atoms with E-state index in [1.54, 1.807) is 12.1 Å². The Morgan fingerprint density at radius 3 is 2.41 bits per heavy atom. The first-order chi connectivity index (χ1) is 8.20. The molecule has 0 bridgehead atoms. The third-order valence-electron chi connectivity index (χ3n) is 2.08. The van der Waals surface area contributed by atoms with Crippen molar-refractivity contribution in [2.45, 2.75) is 0 Å². The van der Waals surface area contributed by atoms with Crippen LogP contribution in [0, 0.1) is 10.1 Å². The second-order valence-corrected chi connectivity index (χ2v) is 3.26. The van der Waals surface area contributed by atoms with Gasteiger partial charge in [0.25, 0.3) is 5.69 Å². The molecule has 7 heteroatoms. The fourth-order valence-corrected chi connectivity index (χ4v) is 1.40. The van der Waals surface area contributed by atoms with Crippen molar-refractivity contribution < 1.29 is 15.1 Å². The average molecular weight is 241 g/mol. The van der Waals surface area contributed by atoms with Crippen LogP contribution in [0.3, 0.4) is 0 Å². The van der Waals surface area contributed by atoms with Crippen molar-refractivity contribution >= 4 is 17.1 Å². The maximum Gasteiger partial charge on any atom is 0.294 e. The van der Waals surface area contributed by atoms with E-state index in [-0.39, 0.29) is 25.4 Å². The molecule has 0 unspecified atom stereocenters. The number of anilines is 2. The van der Waals surface area contributed by atoms with Crippen molar-refractivity contribution in [1.82, 2.24) is 0 Å². The number of nitro groups is 1. The molecule has 0 aromatic heterocycles. The molecule has 94 valence electrons. The Labute approximate surface area is 98.2 Å². The van der Waals surface area contributed by atoms with Crippen molar-refractivity contribution in [2.75, 3.05) is 36.9 Å². The molecule has 0 saturated carbocycles. The van der Waals surface area contributed by atoms with Gasteiger partial charge in [-0.1, -0.05) is 6.07 Å². The molecule has 1 aromatic carbocycles. The molecule has 1 rings (SSSR count). The molecule has 0 aliphatic heterocycles. The van der Waals surface area contributed by atoms with E-state index in [1.807, 2.05) is 0 Å². The van der Waals surface area contributed by atoms with Crippen LogP contribution in [0.5, 0.6) is 0 Å². The lowest BCUT2D eigenvalue weighted by Gasteiger charge is -2.12. The van der Waals surface area contributed by atoms with E-state index >= 15 is 0 Å². The Hall–Kier alpha value is -1.86. The molecular weight excluding hydrogens is 226 g/mol. The van der Waals surface area contributed by atoms with E-state index in [0.717, 1.165) is 0 Å². The van der Waals surface area contributed by atoms with Gasteiger partial charge in [0.2, 0.25) is 0 Å². The van der Waals surface area contributed by atoms with Crippen molar-refractivity contribution in [1.29, 1.82) is 0 Å². The summed E-state index contributed by atoms with van der Waals surface area (Å²) >= 11 is 0. The maximum atomic E-state index is 10.8. The van der Waals surface area contributed by atoms with Crippen LogP contribution in [-0.2, 0) is 0 Å². The molecule has 1 aromatic rings. The largest absolute Gasteiger partial charge is 0.395 e. The van der Waals surface area contributed by atoms with Crippen molar-refractivity contribution in [2.24, 2.45) is 0 Å². The van der Waals surface area contributed by atoms with Crippen LogP contribution in [0.25, 0.3) is 0 Å². The maximum absolute atomic E-state index is 10.8. The zero-order chi connectivity index (χ0) is 12.7. The van der Waals surface area contributed by atoms with Gasteiger partial charge in [0.1, 0.15) is 5.69 Å². The van der Waals surface area contributed by atoms with E-state index in [1.165, 1.54) is 6.07 Å². The molecular formula is C10H15N3O4. The summed E-state index contributed by atoms with van der Waals surface area (Å²) in [7, 11) is 0.